The topological polar surface area (TPSA) is 55.4 Å². The van der Waals surface area contributed by atoms with Gasteiger partial charge in [0, 0.05) is 35.7 Å². The molecule has 4 rings (SSSR count). The molecular formula is C27H29NO3. The molecule has 0 radical (unpaired) electrons. The Kier molecular flexibility index (Phi) is 6.36. The van der Waals surface area contributed by atoms with Gasteiger partial charge in [-0.25, -0.2) is 0 Å². The first kappa shape index (κ1) is 21.1. The summed E-state index contributed by atoms with van der Waals surface area (Å²) in [6, 6.07) is 18.2. The van der Waals surface area contributed by atoms with Gasteiger partial charge >= 0.3 is 5.97 Å². The minimum atomic E-state index is -0.621. The molecule has 0 saturated carbocycles. The summed E-state index contributed by atoms with van der Waals surface area (Å²) in [6.45, 7) is 6.56. The molecule has 1 heterocycles. The Bertz CT molecular complexity index is 1000. The molecule has 1 aliphatic heterocycles. The minimum absolute atomic E-state index is 0.118. The van der Waals surface area contributed by atoms with Gasteiger partial charge in [0.2, 0.25) is 0 Å². The third kappa shape index (κ3) is 4.48. The molecule has 4 heteroatoms. The molecule has 2 aromatic rings. The average molecular weight is 416 g/mol. The highest BCUT2D eigenvalue weighted by atomic mass is 16.5. The Morgan fingerprint density at radius 1 is 1.06 bits per heavy atom. The van der Waals surface area contributed by atoms with Crippen LogP contribution < -0.4 is 5.32 Å². The average Bonchev–Trinajstić information content (AvgIpc) is 2.79. The third-order valence-corrected chi connectivity index (χ3v) is 6.27. The quantitative estimate of drug-likeness (QED) is 0.685. The van der Waals surface area contributed by atoms with Gasteiger partial charge in [0.05, 0.1) is 6.61 Å². The smallest absolute Gasteiger partial charge is 0.315 e. The third-order valence-electron chi connectivity index (χ3n) is 6.27. The van der Waals surface area contributed by atoms with Crippen LogP contribution in [0.4, 0.5) is 0 Å². The molecule has 31 heavy (non-hydrogen) atoms. The van der Waals surface area contributed by atoms with Crippen molar-refractivity contribution in [2.75, 3.05) is 6.61 Å². The SMILES string of the molecule is C=C1NC2=C(C(=O)CCC2)C(c2ccc(CC)cc2)C1C(=O)OCCc1ccccc1. The van der Waals surface area contributed by atoms with E-state index in [2.05, 4.69) is 31.0 Å². The maximum atomic E-state index is 13.2. The van der Waals surface area contributed by atoms with E-state index >= 15 is 0 Å². The molecule has 0 saturated heterocycles. The van der Waals surface area contributed by atoms with Crippen LogP contribution in [0.25, 0.3) is 0 Å². The monoisotopic (exact) mass is 415 g/mol. The van der Waals surface area contributed by atoms with Gasteiger partial charge in [-0.3, -0.25) is 9.59 Å². The van der Waals surface area contributed by atoms with Crippen molar-refractivity contribution in [3.63, 3.8) is 0 Å². The molecule has 0 spiro atoms. The predicted octanol–water partition coefficient (Wildman–Crippen LogP) is 4.86. The number of carbonyl (C=O) groups is 2. The zero-order chi connectivity index (χ0) is 21.8. The molecule has 1 aliphatic carbocycles. The Hall–Kier alpha value is -3.14. The van der Waals surface area contributed by atoms with E-state index in [1.807, 2.05) is 42.5 Å². The van der Waals surface area contributed by atoms with Crippen LogP contribution in [0.3, 0.4) is 0 Å². The van der Waals surface area contributed by atoms with Crippen LogP contribution in [0.2, 0.25) is 0 Å². The van der Waals surface area contributed by atoms with Crippen molar-refractivity contribution in [2.45, 2.75) is 44.9 Å². The van der Waals surface area contributed by atoms with E-state index in [0.29, 0.717) is 25.1 Å². The highest BCUT2D eigenvalue weighted by Gasteiger charge is 2.43. The molecule has 1 N–H and O–H groups in total. The van der Waals surface area contributed by atoms with Gasteiger partial charge in [0.15, 0.2) is 5.78 Å². The van der Waals surface area contributed by atoms with Crippen LogP contribution in [0, 0.1) is 5.92 Å². The fourth-order valence-electron chi connectivity index (χ4n) is 4.60. The predicted molar refractivity (Wildman–Crippen MR) is 121 cm³/mol. The summed E-state index contributed by atoms with van der Waals surface area (Å²) in [6.07, 6.45) is 3.75. The number of hydrogen-bond acceptors (Lipinski definition) is 4. The fourth-order valence-corrected chi connectivity index (χ4v) is 4.60. The van der Waals surface area contributed by atoms with Gasteiger partial charge in [-0.2, -0.15) is 0 Å². The lowest BCUT2D eigenvalue weighted by Crippen LogP contribution is -2.41. The van der Waals surface area contributed by atoms with E-state index in [-0.39, 0.29) is 17.7 Å². The molecular weight excluding hydrogens is 386 g/mol. The lowest BCUT2D eigenvalue weighted by molar-refractivity contribution is -0.147. The molecule has 160 valence electrons. The number of aryl methyl sites for hydroxylation is 1. The first-order valence-electron chi connectivity index (χ1n) is 11.1. The van der Waals surface area contributed by atoms with E-state index in [1.54, 1.807) is 0 Å². The number of ether oxygens (including phenoxy) is 1. The summed E-state index contributed by atoms with van der Waals surface area (Å²) >= 11 is 0. The number of allylic oxidation sites excluding steroid dienone is 2. The van der Waals surface area contributed by atoms with Gasteiger partial charge in [0.1, 0.15) is 5.92 Å². The summed E-state index contributed by atoms with van der Waals surface area (Å²) in [4.78, 5) is 26.2. The van der Waals surface area contributed by atoms with Gasteiger partial charge in [0.25, 0.3) is 0 Å². The lowest BCUT2D eigenvalue weighted by atomic mass is 9.71. The van der Waals surface area contributed by atoms with E-state index < -0.39 is 5.92 Å². The van der Waals surface area contributed by atoms with Crippen molar-refractivity contribution in [3.8, 4) is 0 Å². The van der Waals surface area contributed by atoms with Crippen LogP contribution in [-0.4, -0.2) is 18.4 Å². The normalized spacial score (nSPS) is 20.8. The number of hydrogen-bond donors (Lipinski definition) is 1. The molecule has 2 aliphatic rings. The Labute approximate surface area is 184 Å². The minimum Gasteiger partial charge on any atom is -0.465 e. The zero-order valence-electron chi connectivity index (χ0n) is 18.0. The van der Waals surface area contributed by atoms with Gasteiger partial charge < -0.3 is 10.1 Å². The molecule has 4 nitrogen and oxygen atoms in total. The Morgan fingerprint density at radius 2 is 1.81 bits per heavy atom. The van der Waals surface area contributed by atoms with Gasteiger partial charge in [-0.1, -0.05) is 68.1 Å². The number of rotatable bonds is 6. The van der Waals surface area contributed by atoms with E-state index in [9.17, 15) is 9.59 Å². The first-order valence-corrected chi connectivity index (χ1v) is 11.1. The van der Waals surface area contributed by atoms with Crippen molar-refractivity contribution in [2.24, 2.45) is 5.92 Å². The van der Waals surface area contributed by atoms with Crippen molar-refractivity contribution in [1.29, 1.82) is 0 Å². The van der Waals surface area contributed by atoms with Crippen LogP contribution in [-0.2, 0) is 27.2 Å². The van der Waals surface area contributed by atoms with Crippen molar-refractivity contribution in [3.05, 3.63) is 94.8 Å². The highest BCUT2D eigenvalue weighted by molar-refractivity contribution is 6.00. The Balaban J connectivity index is 1.61. The molecule has 2 unspecified atom stereocenters. The van der Waals surface area contributed by atoms with E-state index in [4.69, 9.17) is 4.74 Å². The second-order valence-electron chi connectivity index (χ2n) is 8.27. The summed E-state index contributed by atoms with van der Waals surface area (Å²) in [7, 11) is 0. The Morgan fingerprint density at radius 3 is 2.52 bits per heavy atom. The summed E-state index contributed by atoms with van der Waals surface area (Å²) in [5, 5.41) is 3.27. The van der Waals surface area contributed by atoms with Crippen LogP contribution in [0.5, 0.6) is 0 Å². The largest absolute Gasteiger partial charge is 0.465 e. The standard InChI is InChI=1S/C27H29NO3/c1-3-19-12-14-21(15-13-19)25-24(18(2)28-22-10-7-11-23(29)26(22)25)27(30)31-17-16-20-8-5-4-6-9-20/h4-6,8-9,12-15,24-25,28H,2-3,7,10-11,16-17H2,1H3. The summed E-state index contributed by atoms with van der Waals surface area (Å²) in [5.74, 6) is -1.19. The second-order valence-corrected chi connectivity index (χ2v) is 8.27. The first-order chi connectivity index (χ1) is 15.1. The fraction of sp³-hybridized carbons (Fsp3) is 0.333. The maximum Gasteiger partial charge on any atom is 0.315 e. The molecule has 0 amide bonds. The summed E-state index contributed by atoms with van der Waals surface area (Å²) < 4.78 is 5.69. The van der Waals surface area contributed by atoms with Crippen LogP contribution in [0.1, 0.15) is 48.8 Å². The number of Topliss-reactive ketones (excluding diaryl/α,β-unsaturated/α-hetero) is 1. The second kappa shape index (κ2) is 9.34. The summed E-state index contributed by atoms with van der Waals surface area (Å²) in [5.41, 5.74) is 5.57. The maximum absolute atomic E-state index is 13.2. The van der Waals surface area contributed by atoms with Crippen molar-refractivity contribution >= 4 is 11.8 Å². The number of benzene rings is 2. The van der Waals surface area contributed by atoms with E-state index in [1.165, 1.54) is 5.56 Å². The molecule has 2 atom stereocenters. The van der Waals surface area contributed by atoms with Crippen LogP contribution >= 0.6 is 0 Å². The van der Waals surface area contributed by atoms with E-state index in [0.717, 1.165) is 41.7 Å². The molecule has 0 fully saturated rings. The highest BCUT2D eigenvalue weighted by Crippen LogP contribution is 2.44. The van der Waals surface area contributed by atoms with Gasteiger partial charge in [-0.15, -0.1) is 0 Å². The zero-order valence-corrected chi connectivity index (χ0v) is 18.0. The van der Waals surface area contributed by atoms with Crippen LogP contribution in [0.15, 0.2) is 78.1 Å². The molecule has 2 aromatic carbocycles. The number of ketones is 1. The lowest BCUT2D eigenvalue weighted by Gasteiger charge is -2.38. The number of esters is 1. The molecule has 0 aromatic heterocycles. The number of carbonyl (C=O) groups excluding carboxylic acids is 2. The van der Waals surface area contributed by atoms with Crippen molar-refractivity contribution < 1.29 is 14.3 Å². The van der Waals surface area contributed by atoms with Crippen molar-refractivity contribution in [1.82, 2.24) is 5.32 Å². The van der Waals surface area contributed by atoms with Gasteiger partial charge in [-0.05, 0) is 36.0 Å². The molecule has 0 bridgehead atoms. The number of nitrogens with one attached hydrogen (secondary N) is 1.